The summed E-state index contributed by atoms with van der Waals surface area (Å²) in [5.74, 6) is 0.872. The molecule has 0 heterocycles. The molecule has 0 unspecified atom stereocenters. The maximum atomic E-state index is 5.79. The predicted octanol–water partition coefficient (Wildman–Crippen LogP) is 10.1. The van der Waals surface area contributed by atoms with Crippen LogP contribution in [-0.4, -0.2) is 13.2 Å². The molecule has 0 aromatic carbocycles. The van der Waals surface area contributed by atoms with Crippen molar-refractivity contribution in [2.45, 2.75) is 155 Å². The molecule has 0 amide bonds. The molecule has 0 atom stereocenters. The van der Waals surface area contributed by atoms with Crippen LogP contribution in [0.4, 0.5) is 0 Å². The molecule has 1 heteroatoms. The predicted molar refractivity (Wildman–Crippen MR) is 133 cm³/mol. The van der Waals surface area contributed by atoms with Crippen molar-refractivity contribution >= 4 is 0 Å². The lowest BCUT2D eigenvalue weighted by molar-refractivity contribution is 0.125. The van der Waals surface area contributed by atoms with Gasteiger partial charge in [0.25, 0.3) is 0 Å². The molecule has 0 rings (SSSR count). The van der Waals surface area contributed by atoms with Gasteiger partial charge >= 0.3 is 0 Å². The summed E-state index contributed by atoms with van der Waals surface area (Å²) >= 11 is 0. The van der Waals surface area contributed by atoms with Gasteiger partial charge in [-0.25, -0.2) is 0 Å². The van der Waals surface area contributed by atoms with Crippen molar-refractivity contribution < 1.29 is 4.74 Å². The fraction of sp³-hybridized carbons (Fsp3) is 0.964. The van der Waals surface area contributed by atoms with E-state index in [2.05, 4.69) is 20.8 Å². The van der Waals surface area contributed by atoms with Gasteiger partial charge in [0, 0.05) is 13.2 Å². The van der Waals surface area contributed by atoms with E-state index in [9.17, 15) is 0 Å². The minimum absolute atomic E-state index is 0.872. The van der Waals surface area contributed by atoms with Crippen LogP contribution in [0.15, 0.2) is 0 Å². The van der Waals surface area contributed by atoms with Crippen LogP contribution in [0.1, 0.15) is 155 Å². The maximum Gasteiger partial charge on any atom is 0.0466 e. The van der Waals surface area contributed by atoms with Crippen molar-refractivity contribution in [3.63, 3.8) is 0 Å². The van der Waals surface area contributed by atoms with Crippen molar-refractivity contribution in [3.8, 4) is 0 Å². The number of ether oxygens (including phenoxy) is 1. The van der Waals surface area contributed by atoms with E-state index in [1.54, 1.807) is 0 Å². The fourth-order valence-corrected chi connectivity index (χ4v) is 4.07. The topological polar surface area (TPSA) is 9.23 Å². The highest BCUT2D eigenvalue weighted by Gasteiger charge is 1.96. The molecule has 0 aromatic heterocycles. The summed E-state index contributed by atoms with van der Waals surface area (Å²) in [7, 11) is 0. The summed E-state index contributed by atoms with van der Waals surface area (Å²) < 4.78 is 5.79. The van der Waals surface area contributed by atoms with Crippen LogP contribution in [0.2, 0.25) is 0 Å². The Morgan fingerprint density at radius 2 is 0.759 bits per heavy atom. The summed E-state index contributed by atoms with van der Waals surface area (Å²) in [4.78, 5) is 0. The summed E-state index contributed by atoms with van der Waals surface area (Å²) in [6.07, 6.45) is 30.6. The van der Waals surface area contributed by atoms with E-state index in [0.717, 1.165) is 25.6 Å². The van der Waals surface area contributed by atoms with E-state index in [-0.39, 0.29) is 0 Å². The molecule has 0 fully saturated rings. The van der Waals surface area contributed by atoms with Gasteiger partial charge in [0.15, 0.2) is 0 Å². The molecule has 0 aliphatic carbocycles. The molecule has 0 bridgehead atoms. The summed E-state index contributed by atoms with van der Waals surface area (Å²) in [6, 6.07) is 0. The SMILES string of the molecule is [CH2]CCCCCCCCCCCCCCCCCOCCCCCCCC(C)C. The van der Waals surface area contributed by atoms with Crippen LogP contribution >= 0.6 is 0 Å². The lowest BCUT2D eigenvalue weighted by Crippen LogP contribution is -1.97. The lowest BCUT2D eigenvalue weighted by atomic mass is 10.0. The Morgan fingerprint density at radius 1 is 0.448 bits per heavy atom. The second kappa shape index (κ2) is 26.0. The summed E-state index contributed by atoms with van der Waals surface area (Å²) in [5, 5.41) is 0. The zero-order valence-electron chi connectivity index (χ0n) is 20.7. The van der Waals surface area contributed by atoms with Crippen LogP contribution in [-0.2, 0) is 4.74 Å². The molecule has 1 nitrogen and oxygen atoms in total. The number of hydrogen-bond acceptors (Lipinski definition) is 1. The van der Waals surface area contributed by atoms with E-state index in [1.165, 1.54) is 135 Å². The Balaban J connectivity index is 2.98. The van der Waals surface area contributed by atoms with E-state index < -0.39 is 0 Å². The van der Waals surface area contributed by atoms with Crippen molar-refractivity contribution in [1.29, 1.82) is 0 Å². The van der Waals surface area contributed by atoms with E-state index >= 15 is 0 Å². The van der Waals surface area contributed by atoms with E-state index in [4.69, 9.17) is 4.74 Å². The molecule has 1 radical (unpaired) electrons. The van der Waals surface area contributed by atoms with E-state index in [1.807, 2.05) is 0 Å². The number of hydrogen-bond donors (Lipinski definition) is 0. The van der Waals surface area contributed by atoms with Gasteiger partial charge in [-0.2, -0.15) is 0 Å². The van der Waals surface area contributed by atoms with Gasteiger partial charge in [-0.05, 0) is 18.8 Å². The zero-order chi connectivity index (χ0) is 21.3. The fourth-order valence-electron chi connectivity index (χ4n) is 4.07. The highest BCUT2D eigenvalue weighted by Crippen LogP contribution is 2.14. The van der Waals surface area contributed by atoms with Gasteiger partial charge < -0.3 is 4.74 Å². The third-order valence-corrected chi connectivity index (χ3v) is 6.11. The lowest BCUT2D eigenvalue weighted by Gasteiger charge is -2.06. The molecule has 29 heavy (non-hydrogen) atoms. The van der Waals surface area contributed by atoms with Crippen molar-refractivity contribution in [3.05, 3.63) is 6.92 Å². The van der Waals surface area contributed by atoms with Crippen LogP contribution in [0.25, 0.3) is 0 Å². The summed E-state index contributed by atoms with van der Waals surface area (Å²) in [6.45, 7) is 10.5. The molecule has 0 aliphatic heterocycles. The monoisotopic (exact) mass is 409 g/mol. The largest absolute Gasteiger partial charge is 0.381 e. The Kier molecular flexibility index (Phi) is 26.0. The minimum Gasteiger partial charge on any atom is -0.381 e. The van der Waals surface area contributed by atoms with Crippen LogP contribution in [0.3, 0.4) is 0 Å². The highest BCUT2D eigenvalue weighted by atomic mass is 16.5. The van der Waals surface area contributed by atoms with Gasteiger partial charge in [0.2, 0.25) is 0 Å². The molecule has 0 saturated carbocycles. The first-order valence-electron chi connectivity index (χ1n) is 13.6. The maximum absolute atomic E-state index is 5.79. The molecule has 0 saturated heterocycles. The Labute approximate surface area is 186 Å². The first-order valence-corrected chi connectivity index (χ1v) is 13.6. The number of unbranched alkanes of at least 4 members (excludes halogenated alkanes) is 19. The van der Waals surface area contributed by atoms with Gasteiger partial charge in [-0.1, -0.05) is 149 Å². The normalized spacial score (nSPS) is 11.6. The Morgan fingerprint density at radius 3 is 1.10 bits per heavy atom. The van der Waals surface area contributed by atoms with Gasteiger partial charge in [-0.3, -0.25) is 0 Å². The standard InChI is InChI=1S/C28H57O/c1-4-5-6-7-8-9-10-11-12-13-14-15-16-17-20-23-26-29-27-24-21-18-19-22-25-28(2)3/h28H,1,4-27H2,2-3H3. The van der Waals surface area contributed by atoms with Crippen molar-refractivity contribution in [1.82, 2.24) is 0 Å². The van der Waals surface area contributed by atoms with Crippen LogP contribution < -0.4 is 0 Å². The second-order valence-electron chi connectivity index (χ2n) is 9.72. The molecular formula is C28H57O. The molecule has 0 aliphatic rings. The molecule has 0 aromatic rings. The van der Waals surface area contributed by atoms with Gasteiger partial charge in [0.1, 0.15) is 0 Å². The second-order valence-corrected chi connectivity index (χ2v) is 9.72. The first-order chi connectivity index (χ1) is 14.3. The highest BCUT2D eigenvalue weighted by molar-refractivity contribution is 4.51. The minimum atomic E-state index is 0.872. The molecule has 175 valence electrons. The zero-order valence-corrected chi connectivity index (χ0v) is 20.7. The number of rotatable bonds is 25. The van der Waals surface area contributed by atoms with Crippen LogP contribution in [0.5, 0.6) is 0 Å². The molecule has 0 N–H and O–H groups in total. The smallest absolute Gasteiger partial charge is 0.0466 e. The Hall–Kier alpha value is -0.0400. The first kappa shape index (κ1) is 29.0. The van der Waals surface area contributed by atoms with Crippen molar-refractivity contribution in [2.24, 2.45) is 5.92 Å². The van der Waals surface area contributed by atoms with E-state index in [0.29, 0.717) is 0 Å². The third-order valence-electron chi connectivity index (χ3n) is 6.11. The van der Waals surface area contributed by atoms with Gasteiger partial charge in [0.05, 0.1) is 0 Å². The average molecular weight is 410 g/mol. The third kappa shape index (κ3) is 28.0. The van der Waals surface area contributed by atoms with Crippen LogP contribution in [0, 0.1) is 12.8 Å². The quantitative estimate of drug-likeness (QED) is 0.136. The molecule has 0 spiro atoms. The molecular weight excluding hydrogens is 352 g/mol. The summed E-state index contributed by atoms with van der Waals surface area (Å²) in [5.41, 5.74) is 0. The van der Waals surface area contributed by atoms with Crippen molar-refractivity contribution in [2.75, 3.05) is 13.2 Å². The van der Waals surface area contributed by atoms with Gasteiger partial charge in [-0.15, -0.1) is 0 Å². The average Bonchev–Trinajstić information content (AvgIpc) is 2.71. The Bertz CT molecular complexity index is 273.